The van der Waals surface area contributed by atoms with Crippen LogP contribution in [-0.2, 0) is 4.79 Å². The number of carbonyl (C=O) groups excluding carboxylic acids is 2. The summed E-state index contributed by atoms with van der Waals surface area (Å²) in [6.07, 6.45) is 4.02. The van der Waals surface area contributed by atoms with Gasteiger partial charge in [-0.1, -0.05) is 6.07 Å². The molecule has 1 aromatic rings. The van der Waals surface area contributed by atoms with Crippen molar-refractivity contribution in [2.75, 3.05) is 13.7 Å². The van der Waals surface area contributed by atoms with Crippen LogP contribution in [0.4, 0.5) is 0 Å². The number of piperidine rings is 1. The molecule has 0 bridgehead atoms. The molecule has 2 aliphatic heterocycles. The summed E-state index contributed by atoms with van der Waals surface area (Å²) >= 11 is 0. The van der Waals surface area contributed by atoms with Crippen LogP contribution in [0.25, 0.3) is 0 Å². The Morgan fingerprint density at radius 2 is 2.24 bits per heavy atom. The Balaban J connectivity index is 1.68. The summed E-state index contributed by atoms with van der Waals surface area (Å²) in [7, 11) is 1.56. The Bertz CT molecular complexity index is 558. The van der Waals surface area contributed by atoms with Gasteiger partial charge in [-0.2, -0.15) is 0 Å². The number of nitrogens with one attached hydrogen (secondary N) is 1. The summed E-state index contributed by atoms with van der Waals surface area (Å²) in [4.78, 5) is 26.5. The first-order valence-electron chi connectivity index (χ1n) is 7.44. The van der Waals surface area contributed by atoms with Gasteiger partial charge in [0.05, 0.1) is 7.11 Å². The maximum atomic E-state index is 12.3. The Labute approximate surface area is 124 Å². The molecule has 2 heterocycles. The number of ether oxygens (including phenoxy) is 1. The quantitative estimate of drug-likeness (QED) is 0.918. The molecule has 2 fully saturated rings. The summed E-state index contributed by atoms with van der Waals surface area (Å²) in [5.74, 6) is 0.487. The van der Waals surface area contributed by atoms with Crippen LogP contribution in [0.2, 0.25) is 0 Å². The fourth-order valence-electron chi connectivity index (χ4n) is 3.24. The second kappa shape index (κ2) is 5.76. The number of hydrogen-bond donors (Lipinski definition) is 1. The minimum absolute atomic E-state index is 0.0657. The van der Waals surface area contributed by atoms with Crippen LogP contribution >= 0.6 is 0 Å². The number of rotatable bonds is 3. The van der Waals surface area contributed by atoms with Gasteiger partial charge in [-0.25, -0.2) is 0 Å². The highest BCUT2D eigenvalue weighted by atomic mass is 16.5. The largest absolute Gasteiger partial charge is 0.497 e. The van der Waals surface area contributed by atoms with Crippen molar-refractivity contribution in [3.63, 3.8) is 0 Å². The first-order valence-corrected chi connectivity index (χ1v) is 7.44. The highest BCUT2D eigenvalue weighted by molar-refractivity contribution is 5.98. The standard InChI is InChI=1S/C16H20N2O3/c1-21-13-7-4-5-11(9-13)15(19)17-14-10-12-6-2-3-8-18(12)16(14)20/h4-5,7,9,12,14H,2-3,6,8,10H2,1H3,(H,17,19)/t12-,14-/m0/s1. The van der Waals surface area contributed by atoms with Gasteiger partial charge in [0.25, 0.3) is 5.91 Å². The maximum absolute atomic E-state index is 12.3. The lowest BCUT2D eigenvalue weighted by molar-refractivity contribution is -0.131. The van der Waals surface area contributed by atoms with Gasteiger partial charge >= 0.3 is 0 Å². The highest BCUT2D eigenvalue weighted by Gasteiger charge is 2.41. The van der Waals surface area contributed by atoms with E-state index < -0.39 is 0 Å². The number of methoxy groups -OCH3 is 1. The molecule has 0 saturated carbocycles. The maximum Gasteiger partial charge on any atom is 0.252 e. The summed E-state index contributed by atoms with van der Waals surface area (Å²) in [6, 6.07) is 6.89. The zero-order valence-corrected chi connectivity index (χ0v) is 12.2. The van der Waals surface area contributed by atoms with E-state index in [1.807, 2.05) is 4.90 Å². The minimum atomic E-state index is -0.383. The van der Waals surface area contributed by atoms with Crippen molar-refractivity contribution < 1.29 is 14.3 Å². The monoisotopic (exact) mass is 288 g/mol. The van der Waals surface area contributed by atoms with Crippen LogP contribution in [0.1, 0.15) is 36.0 Å². The average molecular weight is 288 g/mol. The molecule has 3 rings (SSSR count). The van der Waals surface area contributed by atoms with Crippen LogP contribution in [0, 0.1) is 0 Å². The molecule has 1 N–H and O–H groups in total. The van der Waals surface area contributed by atoms with E-state index in [4.69, 9.17) is 4.74 Å². The van der Waals surface area contributed by atoms with Gasteiger partial charge in [-0.3, -0.25) is 9.59 Å². The predicted molar refractivity (Wildman–Crippen MR) is 78.2 cm³/mol. The van der Waals surface area contributed by atoms with Crippen molar-refractivity contribution >= 4 is 11.8 Å². The van der Waals surface area contributed by atoms with E-state index in [-0.39, 0.29) is 17.9 Å². The third-order valence-electron chi connectivity index (χ3n) is 4.35. The number of carbonyl (C=O) groups is 2. The molecule has 2 aliphatic rings. The van der Waals surface area contributed by atoms with Gasteiger partial charge in [0.15, 0.2) is 0 Å². The molecule has 0 radical (unpaired) electrons. The van der Waals surface area contributed by atoms with Crippen molar-refractivity contribution in [2.24, 2.45) is 0 Å². The Kier molecular flexibility index (Phi) is 3.82. The number of nitrogens with zero attached hydrogens (tertiary/aromatic N) is 1. The van der Waals surface area contributed by atoms with E-state index in [1.165, 1.54) is 6.42 Å². The van der Waals surface area contributed by atoms with Crippen molar-refractivity contribution in [1.29, 1.82) is 0 Å². The Morgan fingerprint density at radius 1 is 1.38 bits per heavy atom. The molecule has 2 amide bonds. The zero-order valence-electron chi connectivity index (χ0n) is 12.2. The van der Waals surface area contributed by atoms with Gasteiger partial charge in [-0.05, 0) is 43.9 Å². The van der Waals surface area contributed by atoms with Crippen molar-refractivity contribution in [2.45, 2.75) is 37.8 Å². The van der Waals surface area contributed by atoms with Crippen LogP contribution in [0.3, 0.4) is 0 Å². The SMILES string of the molecule is COc1cccc(C(=O)N[C@H]2C[C@@H]3CCCCN3C2=O)c1. The summed E-state index contributed by atoms with van der Waals surface area (Å²) in [6.45, 7) is 0.828. The lowest BCUT2D eigenvalue weighted by Gasteiger charge is -2.28. The van der Waals surface area contributed by atoms with Gasteiger partial charge in [0, 0.05) is 18.2 Å². The lowest BCUT2D eigenvalue weighted by atomic mass is 10.0. The fourth-order valence-corrected chi connectivity index (χ4v) is 3.24. The molecule has 112 valence electrons. The number of benzene rings is 1. The smallest absolute Gasteiger partial charge is 0.252 e. The molecule has 0 spiro atoms. The zero-order chi connectivity index (χ0) is 14.8. The fraction of sp³-hybridized carbons (Fsp3) is 0.500. The molecular weight excluding hydrogens is 268 g/mol. The van der Waals surface area contributed by atoms with Gasteiger partial charge in [-0.15, -0.1) is 0 Å². The number of fused-ring (bicyclic) bond motifs is 1. The molecule has 5 nitrogen and oxygen atoms in total. The molecule has 1 aromatic carbocycles. The van der Waals surface area contributed by atoms with Gasteiger partial charge < -0.3 is 15.0 Å². The van der Waals surface area contributed by atoms with E-state index in [2.05, 4.69) is 5.32 Å². The third-order valence-corrected chi connectivity index (χ3v) is 4.35. The predicted octanol–water partition coefficient (Wildman–Crippen LogP) is 1.58. The van der Waals surface area contributed by atoms with Gasteiger partial charge in [0.2, 0.25) is 5.91 Å². The molecule has 21 heavy (non-hydrogen) atoms. The molecule has 2 saturated heterocycles. The molecule has 0 unspecified atom stereocenters. The van der Waals surface area contributed by atoms with Crippen molar-refractivity contribution in [1.82, 2.24) is 10.2 Å². The molecule has 2 atom stereocenters. The van der Waals surface area contributed by atoms with Crippen LogP contribution in [0.15, 0.2) is 24.3 Å². The Morgan fingerprint density at radius 3 is 3.00 bits per heavy atom. The van der Waals surface area contributed by atoms with E-state index >= 15 is 0 Å². The molecule has 0 aromatic heterocycles. The van der Waals surface area contributed by atoms with E-state index in [1.54, 1.807) is 31.4 Å². The third kappa shape index (κ3) is 2.73. The summed E-state index contributed by atoms with van der Waals surface area (Å²) in [5.41, 5.74) is 0.520. The first kappa shape index (κ1) is 13.9. The van der Waals surface area contributed by atoms with Gasteiger partial charge in [0.1, 0.15) is 11.8 Å². The van der Waals surface area contributed by atoms with Crippen molar-refractivity contribution in [3.05, 3.63) is 29.8 Å². The second-order valence-electron chi connectivity index (χ2n) is 5.67. The summed E-state index contributed by atoms with van der Waals surface area (Å²) < 4.78 is 5.12. The second-order valence-corrected chi connectivity index (χ2v) is 5.67. The molecule has 0 aliphatic carbocycles. The lowest BCUT2D eigenvalue weighted by Crippen LogP contribution is -2.43. The molecular formula is C16H20N2O3. The van der Waals surface area contributed by atoms with E-state index in [9.17, 15) is 9.59 Å². The van der Waals surface area contributed by atoms with Crippen LogP contribution in [0.5, 0.6) is 5.75 Å². The number of hydrogen-bond acceptors (Lipinski definition) is 3. The first-order chi connectivity index (χ1) is 10.2. The Hall–Kier alpha value is -2.04. The van der Waals surface area contributed by atoms with E-state index in [0.717, 1.165) is 25.8 Å². The normalized spacial score (nSPS) is 24.6. The van der Waals surface area contributed by atoms with Crippen molar-refractivity contribution in [3.8, 4) is 5.75 Å². The number of amides is 2. The van der Waals surface area contributed by atoms with Crippen LogP contribution < -0.4 is 10.1 Å². The van der Waals surface area contributed by atoms with Crippen LogP contribution in [-0.4, -0.2) is 42.5 Å². The topological polar surface area (TPSA) is 58.6 Å². The average Bonchev–Trinajstić information content (AvgIpc) is 2.84. The summed E-state index contributed by atoms with van der Waals surface area (Å²) in [5, 5.41) is 2.87. The van der Waals surface area contributed by atoms with E-state index in [0.29, 0.717) is 17.4 Å². The minimum Gasteiger partial charge on any atom is -0.497 e. The highest BCUT2D eigenvalue weighted by Crippen LogP contribution is 2.28. The molecule has 5 heteroatoms.